The molecule has 0 aromatic heterocycles. The number of hydrogen-bond donors (Lipinski definition) is 4. The van der Waals surface area contributed by atoms with E-state index in [1.807, 2.05) is 0 Å². The van der Waals surface area contributed by atoms with Gasteiger partial charge in [-0.1, -0.05) is 103 Å². The molecule has 4 N–H and O–H groups in total. The molecule has 0 aliphatic heterocycles. The molecule has 0 rings (SSSR count). The molecular weight excluding hydrogens is 368 g/mol. The van der Waals surface area contributed by atoms with Crippen LogP contribution in [0.3, 0.4) is 0 Å². The van der Waals surface area contributed by atoms with E-state index in [4.69, 9.17) is 0 Å². The summed E-state index contributed by atoms with van der Waals surface area (Å²) in [4.78, 5) is 11.9. The van der Waals surface area contributed by atoms with Crippen molar-refractivity contribution in [2.45, 2.75) is 147 Å². The highest BCUT2D eigenvalue weighted by Crippen LogP contribution is 2.15. The minimum atomic E-state index is -1.64. The third-order valence-electron chi connectivity index (χ3n) is 5.77. The molecule has 0 heterocycles. The topological polar surface area (TPSA) is 98.0 Å². The molecular formula is C24H48O5. The lowest BCUT2D eigenvalue weighted by molar-refractivity contribution is -0.143. The Morgan fingerprint density at radius 2 is 0.931 bits per heavy atom. The summed E-state index contributed by atoms with van der Waals surface area (Å²) in [6, 6.07) is 0. The monoisotopic (exact) mass is 416 g/mol. The van der Waals surface area contributed by atoms with Crippen LogP contribution in [-0.4, -0.2) is 50.6 Å². The number of Topliss-reactive ketones (excluding diaryl/α,β-unsaturated/α-hetero) is 1. The molecule has 174 valence electrons. The number of carbonyl (C=O) groups is 1. The van der Waals surface area contributed by atoms with E-state index >= 15 is 0 Å². The van der Waals surface area contributed by atoms with Crippen LogP contribution in [0.15, 0.2) is 0 Å². The fourth-order valence-corrected chi connectivity index (χ4v) is 3.66. The number of unbranched alkanes of at least 4 members (excludes halogenated alkanes) is 15. The lowest BCUT2D eigenvalue weighted by Gasteiger charge is -2.23. The summed E-state index contributed by atoms with van der Waals surface area (Å²) < 4.78 is 0. The van der Waals surface area contributed by atoms with Gasteiger partial charge in [-0.15, -0.1) is 0 Å². The summed E-state index contributed by atoms with van der Waals surface area (Å²) in [6.45, 7) is 3.56. The predicted molar refractivity (Wildman–Crippen MR) is 119 cm³/mol. The minimum absolute atomic E-state index is 0.198. The zero-order valence-corrected chi connectivity index (χ0v) is 19.0. The Morgan fingerprint density at radius 3 is 1.28 bits per heavy atom. The molecule has 0 aromatic rings. The highest BCUT2D eigenvalue weighted by molar-refractivity contribution is 5.83. The van der Waals surface area contributed by atoms with Gasteiger partial charge in [0, 0.05) is 6.42 Å². The zero-order chi connectivity index (χ0) is 21.9. The van der Waals surface area contributed by atoms with E-state index in [1.165, 1.54) is 90.4 Å². The number of rotatable bonds is 21. The lowest BCUT2D eigenvalue weighted by Crippen LogP contribution is -2.46. The van der Waals surface area contributed by atoms with E-state index in [0.29, 0.717) is 6.42 Å². The Balaban J connectivity index is 3.41. The van der Waals surface area contributed by atoms with Crippen LogP contribution in [-0.2, 0) is 4.79 Å². The molecule has 0 saturated carbocycles. The van der Waals surface area contributed by atoms with Gasteiger partial charge in [-0.2, -0.15) is 0 Å². The van der Waals surface area contributed by atoms with Crippen molar-refractivity contribution in [1.29, 1.82) is 0 Å². The largest absolute Gasteiger partial charge is 0.391 e. The third-order valence-corrected chi connectivity index (χ3v) is 5.77. The van der Waals surface area contributed by atoms with Crippen LogP contribution in [0.25, 0.3) is 0 Å². The number of aliphatic hydroxyl groups excluding tert-OH is 4. The second-order valence-electron chi connectivity index (χ2n) is 8.69. The van der Waals surface area contributed by atoms with Crippen LogP contribution in [0.5, 0.6) is 0 Å². The highest BCUT2D eigenvalue weighted by atomic mass is 16.4. The van der Waals surface area contributed by atoms with Gasteiger partial charge in [0.05, 0.1) is 6.10 Å². The van der Waals surface area contributed by atoms with E-state index in [-0.39, 0.29) is 6.42 Å². The molecule has 0 saturated heterocycles. The molecule has 4 atom stereocenters. The summed E-state index contributed by atoms with van der Waals surface area (Å²) in [5.74, 6) is -0.470. The Hall–Kier alpha value is -0.490. The summed E-state index contributed by atoms with van der Waals surface area (Å²) in [6.07, 6.45) is 14.4. The minimum Gasteiger partial charge on any atom is -0.391 e. The molecule has 0 amide bonds. The van der Waals surface area contributed by atoms with Gasteiger partial charge in [-0.25, -0.2) is 0 Å². The molecule has 0 bridgehead atoms. The first-order chi connectivity index (χ1) is 13.9. The summed E-state index contributed by atoms with van der Waals surface area (Å²) in [7, 11) is 0. The fraction of sp³-hybridized carbons (Fsp3) is 0.958. The fourth-order valence-electron chi connectivity index (χ4n) is 3.66. The van der Waals surface area contributed by atoms with Crippen LogP contribution >= 0.6 is 0 Å². The van der Waals surface area contributed by atoms with Crippen LogP contribution in [0.1, 0.15) is 123 Å². The van der Waals surface area contributed by atoms with Gasteiger partial charge in [-0.3, -0.25) is 4.79 Å². The average Bonchev–Trinajstić information content (AvgIpc) is 2.71. The average molecular weight is 417 g/mol. The smallest absolute Gasteiger partial charge is 0.164 e. The van der Waals surface area contributed by atoms with Crippen molar-refractivity contribution in [3.05, 3.63) is 0 Å². The van der Waals surface area contributed by atoms with E-state index in [1.54, 1.807) is 0 Å². The molecule has 0 unspecified atom stereocenters. The SMILES string of the molecule is CCCCCCCCCCCCCCCCCCC(=O)[C@@H](O)[C@@H](O)[C@H](O)[C@@H](C)O. The summed E-state index contributed by atoms with van der Waals surface area (Å²) in [5, 5.41) is 38.2. The van der Waals surface area contributed by atoms with Crippen molar-refractivity contribution >= 4 is 5.78 Å². The van der Waals surface area contributed by atoms with Crippen molar-refractivity contribution in [1.82, 2.24) is 0 Å². The Kier molecular flexibility index (Phi) is 19.1. The van der Waals surface area contributed by atoms with Crippen LogP contribution < -0.4 is 0 Å². The number of ketones is 1. The van der Waals surface area contributed by atoms with Crippen LogP contribution in [0, 0.1) is 0 Å². The Bertz CT molecular complexity index is 372. The van der Waals surface area contributed by atoms with Crippen molar-refractivity contribution in [3.8, 4) is 0 Å². The standard InChI is InChI=1S/C24H48O5/c1-3-4-5-6-7-8-9-10-11-12-13-14-15-16-17-18-19-21(26)23(28)24(29)22(27)20(2)25/h20,22-25,27-29H,3-19H2,1-2H3/t20-,22-,23-,24+/m1/s1. The van der Waals surface area contributed by atoms with Gasteiger partial charge in [0.1, 0.15) is 18.3 Å². The number of aliphatic hydroxyl groups is 4. The molecule has 0 aliphatic rings. The molecule has 0 radical (unpaired) electrons. The van der Waals surface area contributed by atoms with Crippen molar-refractivity contribution in [2.24, 2.45) is 0 Å². The molecule has 29 heavy (non-hydrogen) atoms. The first kappa shape index (κ1) is 28.5. The van der Waals surface area contributed by atoms with Gasteiger partial charge in [-0.05, 0) is 13.3 Å². The summed E-state index contributed by atoms with van der Waals surface area (Å²) in [5.41, 5.74) is 0. The molecule has 0 fully saturated rings. The van der Waals surface area contributed by atoms with E-state index < -0.39 is 30.2 Å². The van der Waals surface area contributed by atoms with Gasteiger partial charge in [0.25, 0.3) is 0 Å². The van der Waals surface area contributed by atoms with E-state index in [0.717, 1.165) is 12.8 Å². The van der Waals surface area contributed by atoms with Crippen molar-refractivity contribution in [2.75, 3.05) is 0 Å². The van der Waals surface area contributed by atoms with Gasteiger partial charge in [0.15, 0.2) is 5.78 Å². The molecule has 0 aliphatic carbocycles. The number of hydrogen-bond acceptors (Lipinski definition) is 5. The molecule has 0 spiro atoms. The second-order valence-corrected chi connectivity index (χ2v) is 8.69. The normalized spacial score (nSPS) is 15.8. The first-order valence-corrected chi connectivity index (χ1v) is 12.2. The highest BCUT2D eigenvalue weighted by Gasteiger charge is 2.32. The zero-order valence-electron chi connectivity index (χ0n) is 19.0. The predicted octanol–water partition coefficient (Wildman–Crippen LogP) is 4.67. The maximum absolute atomic E-state index is 11.9. The molecule has 0 aromatic carbocycles. The first-order valence-electron chi connectivity index (χ1n) is 12.2. The lowest BCUT2D eigenvalue weighted by atomic mass is 9.97. The van der Waals surface area contributed by atoms with Crippen molar-refractivity contribution in [3.63, 3.8) is 0 Å². The van der Waals surface area contributed by atoms with E-state index in [2.05, 4.69) is 6.92 Å². The molecule has 5 heteroatoms. The second kappa shape index (κ2) is 19.5. The quantitative estimate of drug-likeness (QED) is 0.204. The molecule has 5 nitrogen and oxygen atoms in total. The van der Waals surface area contributed by atoms with Crippen LogP contribution in [0.4, 0.5) is 0 Å². The van der Waals surface area contributed by atoms with Crippen LogP contribution in [0.2, 0.25) is 0 Å². The Morgan fingerprint density at radius 1 is 0.586 bits per heavy atom. The summed E-state index contributed by atoms with van der Waals surface area (Å²) >= 11 is 0. The van der Waals surface area contributed by atoms with Gasteiger partial charge in [0.2, 0.25) is 0 Å². The maximum atomic E-state index is 11.9. The number of carbonyl (C=O) groups excluding carboxylic acids is 1. The van der Waals surface area contributed by atoms with Crippen molar-refractivity contribution < 1.29 is 25.2 Å². The van der Waals surface area contributed by atoms with E-state index in [9.17, 15) is 25.2 Å². The maximum Gasteiger partial charge on any atom is 0.164 e. The third kappa shape index (κ3) is 15.9. The Labute approximate surface area is 178 Å². The van der Waals surface area contributed by atoms with Gasteiger partial charge < -0.3 is 20.4 Å². The van der Waals surface area contributed by atoms with Gasteiger partial charge >= 0.3 is 0 Å².